The van der Waals surface area contributed by atoms with Crippen molar-refractivity contribution in [1.29, 1.82) is 15.8 Å². The summed E-state index contributed by atoms with van der Waals surface area (Å²) in [6.45, 7) is 1.72. The fourth-order valence-corrected chi connectivity index (χ4v) is 2.14. The average Bonchev–Trinajstić information content (AvgIpc) is 2.59. The first kappa shape index (κ1) is 16.4. The second-order valence-electron chi connectivity index (χ2n) is 4.87. The predicted octanol–water partition coefficient (Wildman–Crippen LogP) is 2.75. The lowest BCUT2D eigenvalue weighted by molar-refractivity contribution is 0.0698. The molecule has 0 aromatic heterocycles. The predicted molar refractivity (Wildman–Crippen MR) is 86.0 cm³/mol. The summed E-state index contributed by atoms with van der Waals surface area (Å²) in [4.78, 5) is 11.3. The normalized spacial score (nSPS) is 9.25. The van der Waals surface area contributed by atoms with Gasteiger partial charge in [0, 0.05) is 0 Å². The molecular formula is C17H11N5O2. The summed E-state index contributed by atoms with van der Waals surface area (Å²) >= 11 is 0. The van der Waals surface area contributed by atoms with Crippen molar-refractivity contribution in [3.05, 3.63) is 58.1 Å². The molecule has 0 aliphatic heterocycles. The molecule has 0 radical (unpaired) electrons. The van der Waals surface area contributed by atoms with E-state index in [0.717, 1.165) is 0 Å². The number of hydrazine groups is 1. The van der Waals surface area contributed by atoms with Gasteiger partial charge >= 0.3 is 5.97 Å². The second-order valence-corrected chi connectivity index (χ2v) is 4.87. The third-order valence-electron chi connectivity index (χ3n) is 3.29. The number of nitrogens with one attached hydrogen (secondary N) is 2. The lowest BCUT2D eigenvalue weighted by atomic mass is 10.0. The van der Waals surface area contributed by atoms with Gasteiger partial charge < -0.3 is 5.11 Å². The van der Waals surface area contributed by atoms with Crippen molar-refractivity contribution in [2.45, 2.75) is 6.92 Å². The van der Waals surface area contributed by atoms with Gasteiger partial charge in [-0.15, -0.1) is 0 Å². The first-order valence-corrected chi connectivity index (χ1v) is 6.74. The van der Waals surface area contributed by atoms with E-state index in [2.05, 4.69) is 10.9 Å². The van der Waals surface area contributed by atoms with Gasteiger partial charge in [0.05, 0.1) is 45.8 Å². The molecule has 0 heterocycles. The smallest absolute Gasteiger partial charge is 0.337 e. The number of aromatic carboxylic acids is 1. The van der Waals surface area contributed by atoms with Crippen molar-refractivity contribution < 1.29 is 9.90 Å². The minimum atomic E-state index is -1.19. The van der Waals surface area contributed by atoms with E-state index in [9.17, 15) is 15.2 Å². The zero-order valence-corrected chi connectivity index (χ0v) is 12.6. The van der Waals surface area contributed by atoms with Gasteiger partial charge in [-0.3, -0.25) is 10.9 Å². The van der Waals surface area contributed by atoms with Crippen molar-refractivity contribution in [3.8, 4) is 18.2 Å². The molecule has 0 unspecified atom stereocenters. The van der Waals surface area contributed by atoms with Crippen LogP contribution < -0.4 is 10.9 Å². The maximum atomic E-state index is 11.3. The highest BCUT2D eigenvalue weighted by Crippen LogP contribution is 2.24. The van der Waals surface area contributed by atoms with E-state index < -0.39 is 5.97 Å². The lowest BCUT2D eigenvalue weighted by Crippen LogP contribution is -2.14. The van der Waals surface area contributed by atoms with Crippen LogP contribution in [0.2, 0.25) is 0 Å². The van der Waals surface area contributed by atoms with Gasteiger partial charge in [-0.1, -0.05) is 0 Å². The molecule has 0 saturated carbocycles. The highest BCUT2D eigenvalue weighted by Gasteiger charge is 2.13. The number of anilines is 2. The molecule has 0 amide bonds. The van der Waals surface area contributed by atoms with Crippen molar-refractivity contribution >= 4 is 17.3 Å². The summed E-state index contributed by atoms with van der Waals surface area (Å²) in [5.74, 6) is -1.19. The first-order valence-electron chi connectivity index (χ1n) is 6.74. The number of hydrogen-bond donors (Lipinski definition) is 3. The maximum absolute atomic E-state index is 11.3. The van der Waals surface area contributed by atoms with Crippen molar-refractivity contribution in [2.75, 3.05) is 10.9 Å². The van der Waals surface area contributed by atoms with Crippen LogP contribution in [0.1, 0.15) is 32.6 Å². The fraction of sp³-hybridized carbons (Fsp3) is 0.0588. The summed E-state index contributed by atoms with van der Waals surface area (Å²) in [7, 11) is 0. The van der Waals surface area contributed by atoms with Crippen molar-refractivity contribution in [2.24, 2.45) is 0 Å². The number of nitrogens with zero attached hydrogens (tertiary/aromatic N) is 3. The van der Waals surface area contributed by atoms with E-state index in [1.54, 1.807) is 13.0 Å². The van der Waals surface area contributed by atoms with Gasteiger partial charge in [0.2, 0.25) is 0 Å². The Kier molecular flexibility index (Phi) is 4.65. The number of nitriles is 3. The Morgan fingerprint density at radius 2 is 1.71 bits per heavy atom. The molecule has 116 valence electrons. The molecule has 0 bridgehead atoms. The molecule has 0 fully saturated rings. The number of hydrogen-bond acceptors (Lipinski definition) is 6. The molecule has 7 nitrogen and oxygen atoms in total. The number of rotatable bonds is 4. The number of carboxylic acid groups (broad SMARTS) is 1. The van der Waals surface area contributed by atoms with Gasteiger partial charge in [-0.05, 0) is 42.8 Å². The Morgan fingerprint density at radius 3 is 2.29 bits per heavy atom. The number of carboxylic acids is 1. The third-order valence-corrected chi connectivity index (χ3v) is 3.29. The zero-order valence-electron chi connectivity index (χ0n) is 12.6. The Labute approximate surface area is 138 Å². The summed E-state index contributed by atoms with van der Waals surface area (Å²) in [6.07, 6.45) is 0. The van der Waals surface area contributed by atoms with Crippen LogP contribution in [0.3, 0.4) is 0 Å². The molecule has 0 spiro atoms. The summed E-state index contributed by atoms with van der Waals surface area (Å²) in [5, 5.41) is 36.3. The zero-order chi connectivity index (χ0) is 17.7. The van der Waals surface area contributed by atoms with Gasteiger partial charge in [0.25, 0.3) is 0 Å². The van der Waals surface area contributed by atoms with Gasteiger partial charge in [-0.25, -0.2) is 4.79 Å². The highest BCUT2D eigenvalue weighted by molar-refractivity contribution is 5.95. The minimum absolute atomic E-state index is 0.0774. The van der Waals surface area contributed by atoms with E-state index >= 15 is 0 Å². The molecule has 2 aromatic rings. The fourth-order valence-electron chi connectivity index (χ4n) is 2.14. The number of benzene rings is 2. The summed E-state index contributed by atoms with van der Waals surface area (Å²) < 4.78 is 0. The topological polar surface area (TPSA) is 133 Å². The van der Waals surface area contributed by atoms with Gasteiger partial charge in [0.1, 0.15) is 6.07 Å². The van der Waals surface area contributed by atoms with Crippen LogP contribution in [0.15, 0.2) is 30.3 Å². The number of aryl methyl sites for hydroxylation is 1. The van der Waals surface area contributed by atoms with E-state index in [-0.39, 0.29) is 22.4 Å². The molecule has 0 aliphatic rings. The molecule has 0 aliphatic carbocycles. The standard InChI is InChI=1S/C17H11N5O2/c1-10-4-12(8-19)5-13(9-20)16(10)22-21-15-3-2-11(7-18)6-14(15)17(23)24/h2-6,21-22H,1H3,(H,23,24). The number of carbonyl (C=O) groups is 1. The average molecular weight is 317 g/mol. The SMILES string of the molecule is Cc1cc(C#N)cc(C#N)c1NNc1ccc(C#N)cc1C(=O)O. The van der Waals surface area contributed by atoms with Crippen LogP contribution in [0, 0.1) is 40.9 Å². The van der Waals surface area contributed by atoms with Gasteiger partial charge in [0.15, 0.2) is 0 Å². The largest absolute Gasteiger partial charge is 0.478 e. The molecule has 2 aromatic carbocycles. The molecule has 2 rings (SSSR count). The minimum Gasteiger partial charge on any atom is -0.478 e. The molecule has 0 saturated heterocycles. The lowest BCUT2D eigenvalue weighted by Gasteiger charge is -2.15. The van der Waals surface area contributed by atoms with Crippen LogP contribution in [0.4, 0.5) is 11.4 Å². The summed E-state index contributed by atoms with van der Waals surface area (Å²) in [5.41, 5.74) is 7.65. The van der Waals surface area contributed by atoms with E-state index in [1.807, 2.05) is 18.2 Å². The Hall–Kier alpha value is -4.02. The molecule has 0 atom stereocenters. The van der Waals surface area contributed by atoms with Gasteiger partial charge in [-0.2, -0.15) is 15.8 Å². The van der Waals surface area contributed by atoms with Crippen LogP contribution in [0.5, 0.6) is 0 Å². The highest BCUT2D eigenvalue weighted by atomic mass is 16.4. The van der Waals surface area contributed by atoms with Crippen LogP contribution in [0.25, 0.3) is 0 Å². The Bertz CT molecular complexity index is 945. The van der Waals surface area contributed by atoms with Crippen LogP contribution in [-0.2, 0) is 0 Å². The molecule has 3 N–H and O–H groups in total. The molecule has 24 heavy (non-hydrogen) atoms. The monoisotopic (exact) mass is 317 g/mol. The van der Waals surface area contributed by atoms with Crippen molar-refractivity contribution in [1.82, 2.24) is 0 Å². The van der Waals surface area contributed by atoms with Crippen LogP contribution in [-0.4, -0.2) is 11.1 Å². The molecular weight excluding hydrogens is 306 g/mol. The second kappa shape index (κ2) is 6.83. The van der Waals surface area contributed by atoms with Crippen molar-refractivity contribution in [3.63, 3.8) is 0 Å². The maximum Gasteiger partial charge on any atom is 0.337 e. The third kappa shape index (κ3) is 3.24. The quantitative estimate of drug-likeness (QED) is 0.738. The van der Waals surface area contributed by atoms with E-state index in [0.29, 0.717) is 16.8 Å². The first-order chi connectivity index (χ1) is 11.5. The Balaban J connectivity index is 2.36. The van der Waals surface area contributed by atoms with E-state index in [4.69, 9.17) is 10.5 Å². The molecule has 7 heteroatoms. The summed E-state index contributed by atoms with van der Waals surface area (Å²) in [6, 6.07) is 13.1. The Morgan fingerprint density at radius 1 is 1.00 bits per heavy atom. The van der Waals surface area contributed by atoms with E-state index in [1.165, 1.54) is 24.3 Å². The van der Waals surface area contributed by atoms with Crippen LogP contribution >= 0.6 is 0 Å².